The molecule has 4 heteroatoms. The van der Waals surface area contributed by atoms with Crippen LogP contribution in [0.2, 0.25) is 0 Å². The molecule has 5 aliphatic carbocycles. The highest BCUT2D eigenvalue weighted by molar-refractivity contribution is 5.89. The minimum Gasteiger partial charge on any atom is -0.208 e. The van der Waals surface area contributed by atoms with Crippen LogP contribution in [0, 0.1) is 40.4 Å². The van der Waals surface area contributed by atoms with Crippen molar-refractivity contribution in [2.45, 2.75) is 24.7 Å². The van der Waals surface area contributed by atoms with Crippen LogP contribution in [0.4, 0.5) is 0 Å². The summed E-state index contributed by atoms with van der Waals surface area (Å²) in [4.78, 5) is 15.0. The zero-order chi connectivity index (χ0) is 26.9. The number of benzene rings is 4. The number of nitrogens with zero attached hydrogens (tertiary/aromatic N) is 4. The van der Waals surface area contributed by atoms with E-state index in [-0.39, 0.29) is 5.41 Å². The second kappa shape index (κ2) is 7.36. The van der Waals surface area contributed by atoms with Crippen LogP contribution in [0.1, 0.15) is 36.0 Å². The van der Waals surface area contributed by atoms with Gasteiger partial charge in [0.25, 0.3) is 0 Å². The fourth-order valence-electron chi connectivity index (χ4n) is 10.2. The predicted octanol–water partition coefficient (Wildman–Crippen LogP) is 7.69. The number of rotatable bonds is 3. The van der Waals surface area contributed by atoms with Gasteiger partial charge in [0.2, 0.25) is 0 Å². The van der Waals surface area contributed by atoms with E-state index in [0.29, 0.717) is 34.7 Å². The molecule has 0 aliphatic heterocycles. The maximum Gasteiger partial charge on any atom is 0.164 e. The first kappa shape index (κ1) is 22.1. The molecule has 5 aliphatic rings. The van der Waals surface area contributed by atoms with E-state index in [4.69, 9.17) is 15.0 Å². The second-order valence-corrected chi connectivity index (χ2v) is 12.7. The zero-order valence-electron chi connectivity index (χ0n) is 22.5. The fourth-order valence-corrected chi connectivity index (χ4v) is 10.2. The number of hydrogen-bond acceptors (Lipinski definition) is 4. The topological polar surface area (TPSA) is 62.5 Å². The number of hydrogen-bond donors (Lipinski definition) is 0. The van der Waals surface area contributed by atoms with Gasteiger partial charge in [-0.15, -0.1) is 0 Å². The first-order chi connectivity index (χ1) is 20.2. The van der Waals surface area contributed by atoms with Gasteiger partial charge in [-0.2, -0.15) is 5.26 Å². The van der Waals surface area contributed by atoms with Crippen LogP contribution in [0.25, 0.3) is 45.3 Å². The van der Waals surface area contributed by atoms with E-state index in [0.717, 1.165) is 34.1 Å². The molecule has 4 saturated carbocycles. The van der Waals surface area contributed by atoms with Crippen molar-refractivity contribution in [1.29, 1.82) is 5.26 Å². The Balaban J connectivity index is 1.19. The predicted molar refractivity (Wildman–Crippen MR) is 157 cm³/mol. The highest BCUT2D eigenvalue weighted by Crippen LogP contribution is 2.94. The molecule has 4 fully saturated rings. The van der Waals surface area contributed by atoms with E-state index in [2.05, 4.69) is 60.7 Å². The van der Waals surface area contributed by atoms with Gasteiger partial charge in [-0.3, -0.25) is 0 Å². The largest absolute Gasteiger partial charge is 0.208 e. The van der Waals surface area contributed by atoms with Crippen molar-refractivity contribution in [3.05, 3.63) is 114 Å². The fraction of sp³-hybridized carbons (Fsp3) is 0.243. The van der Waals surface area contributed by atoms with Gasteiger partial charge < -0.3 is 0 Å². The van der Waals surface area contributed by atoms with E-state index >= 15 is 0 Å². The summed E-state index contributed by atoms with van der Waals surface area (Å²) in [6, 6.07) is 36.0. The lowest BCUT2D eigenvalue weighted by molar-refractivity contribution is -0.412. The maximum absolute atomic E-state index is 10.1. The summed E-state index contributed by atoms with van der Waals surface area (Å²) in [5, 5.41) is 10.1. The Kier molecular flexibility index (Phi) is 3.97. The summed E-state index contributed by atoms with van der Waals surface area (Å²) in [6.45, 7) is 0. The average molecular weight is 527 g/mol. The molecule has 41 heavy (non-hydrogen) atoms. The molecule has 4 atom stereocenters. The molecule has 2 spiro atoms. The van der Waals surface area contributed by atoms with Crippen LogP contribution in [0.5, 0.6) is 0 Å². The summed E-state index contributed by atoms with van der Waals surface area (Å²) in [6.07, 6.45) is 4.10. The van der Waals surface area contributed by atoms with Crippen LogP contribution in [0.15, 0.2) is 97.1 Å². The van der Waals surface area contributed by atoms with Crippen LogP contribution in [0.3, 0.4) is 0 Å². The lowest BCUT2D eigenvalue weighted by atomic mass is 9.11. The molecule has 4 aromatic carbocycles. The highest BCUT2D eigenvalue weighted by atomic mass is 15.0. The van der Waals surface area contributed by atoms with E-state index in [1.807, 2.05) is 42.5 Å². The highest BCUT2D eigenvalue weighted by Gasteiger charge is 2.90. The Morgan fingerprint density at radius 1 is 0.610 bits per heavy atom. The Hall–Kier alpha value is -4.62. The Labute approximate surface area is 238 Å². The molecular formula is C37H26N4. The molecule has 0 saturated heterocycles. The van der Waals surface area contributed by atoms with Crippen molar-refractivity contribution in [3.63, 3.8) is 0 Å². The molecular weight excluding hydrogens is 500 g/mol. The van der Waals surface area contributed by atoms with Gasteiger partial charge in [-0.25, -0.2) is 15.0 Å². The number of aromatic nitrogens is 3. The molecule has 0 N–H and O–H groups in total. The maximum atomic E-state index is 10.1. The first-order valence-corrected chi connectivity index (χ1v) is 14.8. The third kappa shape index (κ3) is 2.39. The lowest BCUT2D eigenvalue weighted by Crippen LogP contribution is -2.88. The molecule has 10 rings (SSSR count). The molecule has 194 valence electrons. The Morgan fingerprint density at radius 3 is 1.80 bits per heavy atom. The summed E-state index contributed by atoms with van der Waals surface area (Å²) >= 11 is 0. The van der Waals surface area contributed by atoms with Crippen molar-refractivity contribution in [3.8, 4) is 51.4 Å². The molecule has 0 radical (unpaired) electrons. The molecule has 0 bridgehead atoms. The van der Waals surface area contributed by atoms with Crippen molar-refractivity contribution < 1.29 is 0 Å². The van der Waals surface area contributed by atoms with Crippen molar-refractivity contribution in [2.75, 3.05) is 0 Å². The van der Waals surface area contributed by atoms with E-state index < -0.39 is 0 Å². The van der Waals surface area contributed by atoms with Crippen LogP contribution < -0.4 is 0 Å². The van der Waals surface area contributed by atoms with Crippen LogP contribution >= 0.6 is 0 Å². The molecule has 0 amide bonds. The second-order valence-electron chi connectivity index (χ2n) is 12.7. The van der Waals surface area contributed by atoms with Crippen LogP contribution in [-0.2, 0) is 5.41 Å². The smallest absolute Gasteiger partial charge is 0.164 e. The Morgan fingerprint density at radius 2 is 1.22 bits per heavy atom. The Bertz CT molecular complexity index is 1890. The van der Waals surface area contributed by atoms with Gasteiger partial charge in [0.05, 0.1) is 11.6 Å². The summed E-state index contributed by atoms with van der Waals surface area (Å²) in [5.74, 6) is 5.31. The summed E-state index contributed by atoms with van der Waals surface area (Å²) in [5.41, 5.74) is 9.60. The molecule has 5 aromatic rings. The average Bonchev–Trinajstić information content (AvgIpc) is 3.30. The summed E-state index contributed by atoms with van der Waals surface area (Å²) in [7, 11) is 0. The quantitative estimate of drug-likeness (QED) is 0.242. The third-order valence-corrected chi connectivity index (χ3v) is 11.7. The number of nitriles is 1. The minimum absolute atomic E-state index is 0.0263. The van der Waals surface area contributed by atoms with Gasteiger partial charge in [0, 0.05) is 27.7 Å². The zero-order valence-corrected chi connectivity index (χ0v) is 22.5. The van der Waals surface area contributed by atoms with E-state index in [1.165, 1.54) is 41.5 Å². The molecule has 4 unspecified atom stereocenters. The third-order valence-electron chi connectivity index (χ3n) is 11.7. The van der Waals surface area contributed by atoms with Gasteiger partial charge in [0.15, 0.2) is 17.5 Å². The number of fused-ring (bicyclic) bond motifs is 7. The minimum atomic E-state index is 0.0263. The molecule has 1 heterocycles. The first-order valence-electron chi connectivity index (χ1n) is 14.8. The van der Waals surface area contributed by atoms with Gasteiger partial charge in [0.1, 0.15) is 0 Å². The van der Waals surface area contributed by atoms with Gasteiger partial charge in [-0.1, -0.05) is 84.9 Å². The van der Waals surface area contributed by atoms with Crippen LogP contribution in [-0.4, -0.2) is 15.0 Å². The van der Waals surface area contributed by atoms with E-state index in [1.54, 1.807) is 0 Å². The van der Waals surface area contributed by atoms with Crippen molar-refractivity contribution in [1.82, 2.24) is 15.0 Å². The normalized spacial score (nSPS) is 30.3. The summed E-state index contributed by atoms with van der Waals surface area (Å²) < 4.78 is 0. The van der Waals surface area contributed by atoms with Gasteiger partial charge in [-0.05, 0) is 77.2 Å². The molecule has 1 aromatic heterocycles. The molecule has 4 nitrogen and oxygen atoms in total. The lowest BCUT2D eigenvalue weighted by Gasteiger charge is -2.92. The van der Waals surface area contributed by atoms with Gasteiger partial charge >= 0.3 is 0 Å². The van der Waals surface area contributed by atoms with E-state index in [9.17, 15) is 5.26 Å². The monoisotopic (exact) mass is 526 g/mol. The SMILES string of the molecule is N#Cc1cccc2c1-c1ccc(-c3nc(-c4ccccc4)nc(-c4ccccc4)n3)cc1C21C2CC3CC4CC1C342. The standard InChI is InChI=1S/C37H26N4/c38-20-24-12-7-13-28-32(24)27-15-14-23(16-29(27)37(28)30-18-25-17-26-19-31(37)36(25,26)30)35-40-33(21-8-3-1-4-9-21)39-34(41-35)22-10-5-2-6-11-22/h1-16,25-26,30-31H,17-19H2. The van der Waals surface area contributed by atoms with Crippen molar-refractivity contribution >= 4 is 0 Å². The van der Waals surface area contributed by atoms with Crippen molar-refractivity contribution in [2.24, 2.45) is 29.1 Å².